The topological polar surface area (TPSA) is 46.8 Å². The minimum Gasteiger partial charge on any atom is -0.308 e. The van der Waals surface area contributed by atoms with Gasteiger partial charge in [0, 0.05) is 39.5 Å². The predicted octanol–water partition coefficient (Wildman–Crippen LogP) is 12.9. The van der Waals surface area contributed by atoms with E-state index in [1.807, 2.05) is 18.5 Å². The monoisotopic (exact) mass is 741 g/mol. The van der Waals surface area contributed by atoms with Crippen LogP contribution in [-0.4, -0.2) is 19.5 Å². The Hall–Kier alpha value is -7.63. The van der Waals surface area contributed by atoms with Crippen molar-refractivity contribution in [2.75, 3.05) is 4.90 Å². The highest BCUT2D eigenvalue weighted by Gasteiger charge is 2.44. The first-order chi connectivity index (χ1) is 28.8. The van der Waals surface area contributed by atoms with Crippen LogP contribution in [0.4, 0.5) is 11.6 Å². The molecule has 2 unspecified atom stereocenters. The van der Waals surface area contributed by atoms with E-state index in [2.05, 4.69) is 196 Å². The fourth-order valence-corrected chi connectivity index (χ4v) is 9.48. The van der Waals surface area contributed by atoms with Crippen LogP contribution in [0.1, 0.15) is 34.2 Å². The lowest BCUT2D eigenvalue weighted by Crippen LogP contribution is -2.26. The molecule has 4 heterocycles. The van der Waals surface area contributed by atoms with Gasteiger partial charge in [0.25, 0.3) is 0 Å². The number of fused-ring (bicyclic) bond motifs is 9. The maximum absolute atomic E-state index is 5.47. The summed E-state index contributed by atoms with van der Waals surface area (Å²) in [6, 6.07) is 65.1. The number of hydrogen-bond acceptors (Lipinski definition) is 4. The van der Waals surface area contributed by atoms with Crippen molar-refractivity contribution in [3.8, 4) is 28.1 Å². The second kappa shape index (κ2) is 13.0. The number of anilines is 2. The van der Waals surface area contributed by atoms with Gasteiger partial charge in [-0.15, -0.1) is 0 Å². The molecule has 58 heavy (non-hydrogen) atoms. The lowest BCUT2D eigenvalue weighted by atomic mass is 9.77. The van der Waals surface area contributed by atoms with Gasteiger partial charge in [-0.05, 0) is 81.4 Å². The summed E-state index contributed by atoms with van der Waals surface area (Å²) in [5.41, 5.74) is 16.0. The Balaban J connectivity index is 1.02. The summed E-state index contributed by atoms with van der Waals surface area (Å²) in [7, 11) is 0. The fourth-order valence-electron chi connectivity index (χ4n) is 9.48. The van der Waals surface area contributed by atoms with Crippen LogP contribution in [0, 0.1) is 0 Å². The van der Waals surface area contributed by atoms with Crippen molar-refractivity contribution in [3.63, 3.8) is 0 Å². The van der Waals surface area contributed by atoms with Crippen molar-refractivity contribution in [3.05, 3.63) is 223 Å². The molecule has 12 rings (SSSR count). The van der Waals surface area contributed by atoms with Crippen molar-refractivity contribution >= 4 is 49.9 Å². The Morgan fingerprint density at radius 2 is 1.17 bits per heavy atom. The first-order valence-electron chi connectivity index (χ1n) is 19.8. The molecule has 5 heteroatoms. The molecule has 0 bridgehead atoms. The smallest absolute Gasteiger partial charge is 0.231 e. The summed E-state index contributed by atoms with van der Waals surface area (Å²) in [4.78, 5) is 17.6. The van der Waals surface area contributed by atoms with E-state index in [-0.39, 0.29) is 12.0 Å². The molecule has 2 atom stereocenters. The number of para-hydroxylation sites is 3. The second-order valence-corrected chi connectivity index (χ2v) is 15.2. The normalized spacial score (nSPS) is 15.7. The number of nitrogens with zero attached hydrogens (tertiary/aromatic N) is 5. The average Bonchev–Trinajstić information content (AvgIpc) is 3.82. The lowest BCUT2D eigenvalue weighted by molar-refractivity contribution is 0.654. The summed E-state index contributed by atoms with van der Waals surface area (Å²) in [6.45, 7) is 0. The number of pyridine rings is 1. The number of hydrogen-bond donors (Lipinski definition) is 0. The van der Waals surface area contributed by atoms with Gasteiger partial charge in [0.1, 0.15) is 0 Å². The Labute approximate surface area is 335 Å². The van der Waals surface area contributed by atoms with E-state index in [0.29, 0.717) is 5.95 Å². The third kappa shape index (κ3) is 5.00. The zero-order chi connectivity index (χ0) is 38.2. The van der Waals surface area contributed by atoms with Crippen LogP contribution in [0.25, 0.3) is 66.4 Å². The molecular weight excluding hydrogens is 707 g/mol. The predicted molar refractivity (Wildman–Crippen MR) is 237 cm³/mol. The van der Waals surface area contributed by atoms with Gasteiger partial charge in [0.05, 0.1) is 40.2 Å². The van der Waals surface area contributed by atoms with Crippen molar-refractivity contribution < 1.29 is 0 Å². The van der Waals surface area contributed by atoms with Crippen LogP contribution in [0.2, 0.25) is 0 Å². The molecule has 0 amide bonds. The molecule has 272 valence electrons. The molecule has 5 nitrogen and oxygen atoms in total. The SMILES string of the molecule is C1=C(c2ccc3c(c2)c2ccccc2n3-c2cccnc2)c2ccccc2C2C1c1ccccc1N2c1nc(-c2ccc(-c3ccccc3)cc2)c2ccccc2n1. The highest BCUT2D eigenvalue weighted by molar-refractivity contribution is 6.10. The first kappa shape index (κ1) is 32.6. The molecule has 3 aromatic heterocycles. The number of aromatic nitrogens is 4. The van der Waals surface area contributed by atoms with Gasteiger partial charge >= 0.3 is 0 Å². The van der Waals surface area contributed by atoms with E-state index in [9.17, 15) is 0 Å². The molecule has 10 aromatic rings. The standard InChI is InChI=1S/C53H35N5/c1-2-13-34(14-3-1)35-24-26-36(27-25-35)51-43-20-6-9-21-47(43)55-53(56-51)58-49-23-11-8-18-41(49)46-32-44(39-16-4-5-19-42(39)52(46)58)37-28-29-50-45(31-37)40-17-7-10-22-48(40)57(50)38-15-12-30-54-33-38/h1-33,46,52H. The van der Waals surface area contributed by atoms with Crippen LogP contribution in [0.5, 0.6) is 0 Å². The average molecular weight is 742 g/mol. The molecule has 0 spiro atoms. The molecule has 2 aliphatic rings. The summed E-state index contributed by atoms with van der Waals surface area (Å²) >= 11 is 0. The van der Waals surface area contributed by atoms with Crippen LogP contribution < -0.4 is 4.90 Å². The quantitative estimate of drug-likeness (QED) is 0.176. The number of benzene rings is 7. The van der Waals surface area contributed by atoms with Gasteiger partial charge in [-0.1, -0.05) is 146 Å². The zero-order valence-electron chi connectivity index (χ0n) is 31.4. The minimum absolute atomic E-state index is 0.0250. The Bertz CT molecular complexity index is 3240. The van der Waals surface area contributed by atoms with Crippen molar-refractivity contribution in [2.24, 2.45) is 0 Å². The molecule has 1 aliphatic carbocycles. The van der Waals surface area contributed by atoms with E-state index < -0.39 is 0 Å². The van der Waals surface area contributed by atoms with Crippen molar-refractivity contribution in [1.29, 1.82) is 0 Å². The molecular formula is C53H35N5. The van der Waals surface area contributed by atoms with Crippen LogP contribution in [-0.2, 0) is 0 Å². The van der Waals surface area contributed by atoms with Crippen LogP contribution in [0.3, 0.4) is 0 Å². The number of rotatable bonds is 5. The van der Waals surface area contributed by atoms with Gasteiger partial charge < -0.3 is 9.47 Å². The third-order valence-corrected chi connectivity index (χ3v) is 12.0. The van der Waals surface area contributed by atoms with E-state index >= 15 is 0 Å². The van der Waals surface area contributed by atoms with Crippen LogP contribution >= 0.6 is 0 Å². The van der Waals surface area contributed by atoms with Gasteiger partial charge in [0.15, 0.2) is 0 Å². The van der Waals surface area contributed by atoms with E-state index in [1.54, 1.807) is 0 Å². The highest BCUT2D eigenvalue weighted by Crippen LogP contribution is 2.57. The van der Waals surface area contributed by atoms with Gasteiger partial charge in [-0.25, -0.2) is 9.97 Å². The molecule has 0 radical (unpaired) electrons. The molecule has 0 fully saturated rings. The van der Waals surface area contributed by atoms with E-state index in [0.717, 1.165) is 39.1 Å². The summed E-state index contributed by atoms with van der Waals surface area (Å²) in [5, 5.41) is 3.48. The molecule has 0 N–H and O–H groups in total. The zero-order valence-corrected chi connectivity index (χ0v) is 31.4. The van der Waals surface area contributed by atoms with Gasteiger partial charge in [-0.3, -0.25) is 4.98 Å². The Kier molecular flexibility index (Phi) is 7.29. The summed E-state index contributed by atoms with van der Waals surface area (Å²) in [5.74, 6) is 0.786. The lowest BCUT2D eigenvalue weighted by Gasteiger charge is -2.34. The largest absolute Gasteiger partial charge is 0.308 e. The fraction of sp³-hybridized carbons (Fsp3) is 0.0377. The van der Waals surface area contributed by atoms with Crippen molar-refractivity contribution in [1.82, 2.24) is 19.5 Å². The second-order valence-electron chi connectivity index (χ2n) is 15.2. The molecule has 7 aromatic carbocycles. The van der Waals surface area contributed by atoms with E-state index in [4.69, 9.17) is 9.97 Å². The van der Waals surface area contributed by atoms with Gasteiger partial charge in [-0.2, -0.15) is 0 Å². The highest BCUT2D eigenvalue weighted by atomic mass is 15.3. The van der Waals surface area contributed by atoms with Crippen LogP contribution in [0.15, 0.2) is 200 Å². The summed E-state index contributed by atoms with van der Waals surface area (Å²) < 4.78 is 2.32. The van der Waals surface area contributed by atoms with Gasteiger partial charge in [0.2, 0.25) is 5.95 Å². The van der Waals surface area contributed by atoms with E-state index in [1.165, 1.54) is 55.2 Å². The Morgan fingerprint density at radius 3 is 2.03 bits per heavy atom. The maximum atomic E-state index is 5.47. The molecule has 0 saturated carbocycles. The molecule has 0 saturated heterocycles. The minimum atomic E-state index is -0.0250. The Morgan fingerprint density at radius 1 is 0.483 bits per heavy atom. The van der Waals surface area contributed by atoms with Crippen molar-refractivity contribution in [2.45, 2.75) is 12.0 Å². The molecule has 1 aliphatic heterocycles. The third-order valence-electron chi connectivity index (χ3n) is 12.0. The maximum Gasteiger partial charge on any atom is 0.231 e. The summed E-state index contributed by atoms with van der Waals surface area (Å²) in [6.07, 6.45) is 6.26. The first-order valence-corrected chi connectivity index (χ1v) is 19.8.